The van der Waals surface area contributed by atoms with Crippen LogP contribution in [0, 0.1) is 6.92 Å². The lowest BCUT2D eigenvalue weighted by molar-refractivity contribution is 0.157. The van der Waals surface area contributed by atoms with E-state index in [2.05, 4.69) is 30.4 Å². The zero-order valence-corrected chi connectivity index (χ0v) is 13.3. The lowest BCUT2D eigenvalue weighted by atomic mass is 9.99. The number of fused-ring (bicyclic) bond motifs is 1. The summed E-state index contributed by atoms with van der Waals surface area (Å²) in [6.45, 7) is 3.17. The van der Waals surface area contributed by atoms with Crippen LogP contribution < -0.4 is 10.1 Å². The van der Waals surface area contributed by atoms with Crippen molar-refractivity contribution >= 4 is 11.6 Å². The molecule has 1 aliphatic heterocycles. The van der Waals surface area contributed by atoms with Gasteiger partial charge in [-0.25, -0.2) is 0 Å². The zero-order valence-electron chi connectivity index (χ0n) is 12.6. The average molecular weight is 318 g/mol. The number of nitrogens with one attached hydrogen (secondary N) is 1. The number of para-hydroxylation sites is 1. The van der Waals surface area contributed by atoms with Crippen molar-refractivity contribution in [3.8, 4) is 5.75 Å². The Morgan fingerprint density at radius 3 is 2.95 bits per heavy atom. The summed E-state index contributed by atoms with van der Waals surface area (Å²) in [5.74, 6) is 1.01. The Hall–Kier alpha value is -1.55. The van der Waals surface area contributed by atoms with Crippen LogP contribution in [-0.4, -0.2) is 24.3 Å². The van der Waals surface area contributed by atoms with E-state index in [1.165, 1.54) is 11.1 Å². The standard InChI is InChI=1S/C18H20ClNO2/c1-12-4-2-6-14-9-16(11-22-18(12)14)20-10-17(21)13-5-3-7-15(19)8-13/h2-8,16-17,20-21H,9-11H2,1H3. The van der Waals surface area contributed by atoms with Crippen LogP contribution in [0.1, 0.15) is 22.8 Å². The summed E-state index contributed by atoms with van der Waals surface area (Å²) in [6.07, 6.45) is 0.344. The van der Waals surface area contributed by atoms with Gasteiger partial charge < -0.3 is 15.2 Å². The third-order valence-electron chi connectivity index (χ3n) is 4.02. The molecule has 2 aromatic rings. The topological polar surface area (TPSA) is 41.5 Å². The fourth-order valence-electron chi connectivity index (χ4n) is 2.83. The Morgan fingerprint density at radius 1 is 1.32 bits per heavy atom. The lowest BCUT2D eigenvalue weighted by Gasteiger charge is -2.28. The molecule has 2 unspecified atom stereocenters. The fraction of sp³-hybridized carbons (Fsp3) is 0.333. The molecule has 3 rings (SSSR count). The predicted molar refractivity (Wildman–Crippen MR) is 88.6 cm³/mol. The van der Waals surface area contributed by atoms with E-state index < -0.39 is 6.10 Å². The molecular weight excluding hydrogens is 298 g/mol. The molecule has 0 radical (unpaired) electrons. The van der Waals surface area contributed by atoms with Gasteiger partial charge in [-0.1, -0.05) is 41.9 Å². The Morgan fingerprint density at radius 2 is 2.14 bits per heavy atom. The maximum absolute atomic E-state index is 10.3. The Balaban J connectivity index is 1.59. The van der Waals surface area contributed by atoms with Gasteiger partial charge >= 0.3 is 0 Å². The van der Waals surface area contributed by atoms with Crippen molar-refractivity contribution in [2.24, 2.45) is 0 Å². The molecule has 0 bridgehead atoms. The van der Waals surface area contributed by atoms with Crippen molar-refractivity contribution in [3.63, 3.8) is 0 Å². The molecule has 0 amide bonds. The summed E-state index contributed by atoms with van der Waals surface area (Å²) in [4.78, 5) is 0. The van der Waals surface area contributed by atoms with Gasteiger partial charge in [0.25, 0.3) is 0 Å². The van der Waals surface area contributed by atoms with Crippen molar-refractivity contribution in [1.82, 2.24) is 5.32 Å². The number of rotatable bonds is 4. The minimum atomic E-state index is -0.572. The summed E-state index contributed by atoms with van der Waals surface area (Å²) in [5.41, 5.74) is 3.23. The zero-order chi connectivity index (χ0) is 15.5. The Bertz CT molecular complexity index is 659. The van der Waals surface area contributed by atoms with Gasteiger partial charge in [-0.2, -0.15) is 0 Å². The number of aryl methyl sites for hydroxylation is 1. The molecule has 0 aromatic heterocycles. The number of benzene rings is 2. The minimum absolute atomic E-state index is 0.211. The number of aliphatic hydroxyl groups is 1. The van der Waals surface area contributed by atoms with E-state index in [0.29, 0.717) is 18.2 Å². The van der Waals surface area contributed by atoms with E-state index >= 15 is 0 Å². The molecule has 1 heterocycles. The maximum atomic E-state index is 10.3. The fourth-order valence-corrected chi connectivity index (χ4v) is 3.03. The first-order chi connectivity index (χ1) is 10.6. The molecule has 2 atom stereocenters. The number of ether oxygens (including phenoxy) is 1. The van der Waals surface area contributed by atoms with Crippen molar-refractivity contribution in [2.75, 3.05) is 13.2 Å². The van der Waals surface area contributed by atoms with Gasteiger partial charge in [-0.15, -0.1) is 0 Å². The summed E-state index contributed by atoms with van der Waals surface area (Å²) >= 11 is 5.96. The molecule has 2 N–H and O–H groups in total. The largest absolute Gasteiger partial charge is 0.491 e. The predicted octanol–water partition coefficient (Wildman–Crippen LogP) is 3.28. The third-order valence-corrected chi connectivity index (χ3v) is 4.26. The molecule has 1 aliphatic rings. The van der Waals surface area contributed by atoms with Crippen molar-refractivity contribution in [3.05, 3.63) is 64.2 Å². The molecule has 116 valence electrons. The van der Waals surface area contributed by atoms with E-state index in [0.717, 1.165) is 17.7 Å². The second kappa shape index (κ2) is 6.69. The lowest BCUT2D eigenvalue weighted by Crippen LogP contribution is -2.41. The van der Waals surface area contributed by atoms with E-state index in [4.69, 9.17) is 16.3 Å². The highest BCUT2D eigenvalue weighted by molar-refractivity contribution is 6.30. The molecule has 3 nitrogen and oxygen atoms in total. The van der Waals surface area contributed by atoms with Crippen LogP contribution in [0.2, 0.25) is 5.02 Å². The van der Waals surface area contributed by atoms with Crippen LogP contribution >= 0.6 is 11.6 Å². The third kappa shape index (κ3) is 3.43. The van der Waals surface area contributed by atoms with E-state index in [1.54, 1.807) is 12.1 Å². The summed E-state index contributed by atoms with van der Waals surface area (Å²) in [5, 5.41) is 14.3. The normalized spacial score (nSPS) is 18.4. The van der Waals surface area contributed by atoms with Gasteiger partial charge in [0.2, 0.25) is 0 Å². The summed E-state index contributed by atoms with van der Waals surface area (Å²) < 4.78 is 5.86. The van der Waals surface area contributed by atoms with Crippen LogP contribution in [0.15, 0.2) is 42.5 Å². The number of hydrogen-bond acceptors (Lipinski definition) is 3. The molecule has 22 heavy (non-hydrogen) atoms. The maximum Gasteiger partial charge on any atom is 0.125 e. The highest BCUT2D eigenvalue weighted by atomic mass is 35.5. The monoisotopic (exact) mass is 317 g/mol. The first kappa shape index (κ1) is 15.3. The van der Waals surface area contributed by atoms with Crippen LogP contribution in [0.3, 0.4) is 0 Å². The van der Waals surface area contributed by atoms with E-state index in [-0.39, 0.29) is 6.04 Å². The Kier molecular flexibility index (Phi) is 4.67. The smallest absolute Gasteiger partial charge is 0.125 e. The van der Waals surface area contributed by atoms with Gasteiger partial charge in [0, 0.05) is 17.6 Å². The quantitative estimate of drug-likeness (QED) is 0.909. The van der Waals surface area contributed by atoms with Gasteiger partial charge in [0.15, 0.2) is 0 Å². The van der Waals surface area contributed by atoms with E-state index in [9.17, 15) is 5.11 Å². The average Bonchev–Trinajstić information content (AvgIpc) is 2.53. The minimum Gasteiger partial charge on any atom is -0.491 e. The van der Waals surface area contributed by atoms with E-state index in [1.807, 2.05) is 12.1 Å². The molecule has 0 saturated carbocycles. The number of aliphatic hydroxyl groups excluding tert-OH is 1. The van der Waals surface area contributed by atoms with Crippen LogP contribution in [-0.2, 0) is 6.42 Å². The van der Waals surface area contributed by atoms with Crippen LogP contribution in [0.25, 0.3) is 0 Å². The van der Waals surface area contributed by atoms with Gasteiger partial charge in [-0.05, 0) is 42.2 Å². The number of hydrogen-bond donors (Lipinski definition) is 2. The van der Waals surface area contributed by atoms with Gasteiger partial charge in [0.05, 0.1) is 6.10 Å². The first-order valence-electron chi connectivity index (χ1n) is 7.51. The second-order valence-corrected chi connectivity index (χ2v) is 6.19. The summed E-state index contributed by atoms with van der Waals surface area (Å²) in [7, 11) is 0. The molecular formula is C18H20ClNO2. The van der Waals surface area contributed by atoms with Crippen molar-refractivity contribution in [1.29, 1.82) is 0 Å². The molecule has 0 saturated heterocycles. The van der Waals surface area contributed by atoms with Crippen LogP contribution in [0.4, 0.5) is 0 Å². The molecule has 4 heteroatoms. The number of halogens is 1. The first-order valence-corrected chi connectivity index (χ1v) is 7.89. The highest BCUT2D eigenvalue weighted by Gasteiger charge is 2.21. The van der Waals surface area contributed by atoms with Crippen LogP contribution in [0.5, 0.6) is 5.75 Å². The van der Waals surface area contributed by atoms with Gasteiger partial charge in [-0.3, -0.25) is 0 Å². The highest BCUT2D eigenvalue weighted by Crippen LogP contribution is 2.28. The molecule has 0 aliphatic carbocycles. The van der Waals surface area contributed by atoms with Gasteiger partial charge in [0.1, 0.15) is 12.4 Å². The Labute approximate surface area is 135 Å². The van der Waals surface area contributed by atoms with Crippen molar-refractivity contribution in [2.45, 2.75) is 25.5 Å². The second-order valence-electron chi connectivity index (χ2n) is 5.75. The molecule has 0 spiro atoms. The summed E-state index contributed by atoms with van der Waals surface area (Å²) in [6, 6.07) is 13.8. The molecule has 2 aromatic carbocycles. The SMILES string of the molecule is Cc1cccc2c1OCC(NCC(O)c1cccc(Cl)c1)C2. The van der Waals surface area contributed by atoms with Crippen molar-refractivity contribution < 1.29 is 9.84 Å². The molecule has 0 fully saturated rings.